The molecule has 8 heteroatoms. The van der Waals surface area contributed by atoms with Gasteiger partial charge in [-0.2, -0.15) is 4.52 Å². The molecule has 0 bridgehead atoms. The number of aromatic nitrogens is 3. The number of hydrogen-bond donors (Lipinski definition) is 2. The standard InChI is InChI=1S/C19H23FN4O2S/c1-4-15-21-19-24(22-15)18(25)17(27-19)16(13-6-5-7-14(20)8-13)23-9-11(2)26-12(3)10-23/h5-8,11-12,16,25H,4,9-10H2,1-3H3/p+1/t11-,12+,16-/m1/s1. The van der Waals surface area contributed by atoms with Crippen molar-refractivity contribution in [2.45, 2.75) is 45.4 Å². The average molecular weight is 391 g/mol. The molecule has 1 saturated heterocycles. The van der Waals surface area contributed by atoms with Crippen molar-refractivity contribution in [3.63, 3.8) is 0 Å². The van der Waals surface area contributed by atoms with E-state index >= 15 is 0 Å². The maximum atomic E-state index is 14.0. The molecular weight excluding hydrogens is 367 g/mol. The van der Waals surface area contributed by atoms with E-state index in [0.29, 0.717) is 17.2 Å². The van der Waals surface area contributed by atoms with Crippen LogP contribution in [0.1, 0.15) is 43.1 Å². The second-order valence-electron chi connectivity index (χ2n) is 7.18. The van der Waals surface area contributed by atoms with Gasteiger partial charge in [-0.3, -0.25) is 0 Å². The molecule has 0 amide bonds. The summed E-state index contributed by atoms with van der Waals surface area (Å²) in [4.78, 5) is 7.14. The molecule has 2 N–H and O–H groups in total. The van der Waals surface area contributed by atoms with Crippen molar-refractivity contribution in [2.24, 2.45) is 0 Å². The summed E-state index contributed by atoms with van der Waals surface area (Å²) in [7, 11) is 0. The van der Waals surface area contributed by atoms with E-state index < -0.39 is 0 Å². The number of fused-ring (bicyclic) bond motifs is 1. The van der Waals surface area contributed by atoms with E-state index in [1.807, 2.05) is 13.0 Å². The smallest absolute Gasteiger partial charge is 0.235 e. The largest absolute Gasteiger partial charge is 0.492 e. The van der Waals surface area contributed by atoms with Crippen LogP contribution in [0.5, 0.6) is 5.88 Å². The molecule has 4 atom stereocenters. The van der Waals surface area contributed by atoms with E-state index in [0.717, 1.165) is 23.5 Å². The van der Waals surface area contributed by atoms with Crippen LogP contribution in [0.2, 0.25) is 0 Å². The Balaban J connectivity index is 1.82. The molecule has 3 aromatic rings. The lowest BCUT2D eigenvalue weighted by Crippen LogP contribution is -3.15. The number of nitrogens with zero attached hydrogens (tertiary/aromatic N) is 3. The fourth-order valence-electron chi connectivity index (χ4n) is 3.94. The molecule has 0 spiro atoms. The summed E-state index contributed by atoms with van der Waals surface area (Å²) in [6.45, 7) is 7.63. The minimum absolute atomic E-state index is 0.0933. The lowest BCUT2D eigenvalue weighted by Gasteiger charge is -2.37. The SMILES string of the molecule is CCc1nc2sc([C@@H](c3cccc(F)c3)[NH+]3C[C@@H](C)O[C@@H](C)C3)c(O)n2n1. The predicted octanol–water partition coefficient (Wildman–Crippen LogP) is 1.98. The number of ether oxygens (including phenoxy) is 1. The second-order valence-corrected chi connectivity index (χ2v) is 8.19. The van der Waals surface area contributed by atoms with E-state index in [1.165, 1.54) is 26.8 Å². The van der Waals surface area contributed by atoms with Gasteiger partial charge in [0.2, 0.25) is 10.8 Å². The van der Waals surface area contributed by atoms with Crippen molar-refractivity contribution in [1.82, 2.24) is 14.6 Å². The first-order valence-corrected chi connectivity index (χ1v) is 10.1. The van der Waals surface area contributed by atoms with Crippen LogP contribution < -0.4 is 4.90 Å². The van der Waals surface area contributed by atoms with E-state index in [9.17, 15) is 9.50 Å². The van der Waals surface area contributed by atoms with Crippen LogP contribution in [-0.4, -0.2) is 45.0 Å². The van der Waals surface area contributed by atoms with E-state index in [-0.39, 0.29) is 29.9 Å². The molecular formula is C19H24FN4O2S+. The highest BCUT2D eigenvalue weighted by molar-refractivity contribution is 7.17. The number of aromatic hydroxyl groups is 1. The van der Waals surface area contributed by atoms with Crippen LogP contribution in [0.4, 0.5) is 4.39 Å². The fourth-order valence-corrected chi connectivity index (χ4v) is 5.10. The highest BCUT2D eigenvalue weighted by Gasteiger charge is 2.37. The van der Waals surface area contributed by atoms with E-state index in [2.05, 4.69) is 23.9 Å². The van der Waals surface area contributed by atoms with Gasteiger partial charge in [-0.1, -0.05) is 30.4 Å². The molecule has 6 nitrogen and oxygen atoms in total. The van der Waals surface area contributed by atoms with Crippen LogP contribution in [0.25, 0.3) is 4.96 Å². The first-order valence-electron chi connectivity index (χ1n) is 9.29. The molecule has 0 saturated carbocycles. The summed E-state index contributed by atoms with van der Waals surface area (Å²) in [5.74, 6) is 0.514. The number of benzene rings is 1. The molecule has 144 valence electrons. The topological polar surface area (TPSA) is 64.1 Å². The molecule has 1 aliphatic rings. The molecule has 1 aliphatic heterocycles. The van der Waals surface area contributed by atoms with Crippen LogP contribution in [0, 0.1) is 5.82 Å². The molecule has 4 rings (SSSR count). The first kappa shape index (κ1) is 18.3. The maximum absolute atomic E-state index is 14.0. The van der Waals surface area contributed by atoms with Crippen LogP contribution in [-0.2, 0) is 11.2 Å². The van der Waals surface area contributed by atoms with E-state index in [4.69, 9.17) is 4.74 Å². The van der Waals surface area contributed by atoms with Gasteiger partial charge in [-0.15, -0.1) is 5.10 Å². The Morgan fingerprint density at radius 1 is 1.37 bits per heavy atom. The Labute approximate surface area is 161 Å². The summed E-state index contributed by atoms with van der Waals surface area (Å²) in [5, 5.41) is 15.3. The lowest BCUT2D eigenvalue weighted by molar-refractivity contribution is -0.939. The highest BCUT2D eigenvalue weighted by atomic mass is 32.1. The quantitative estimate of drug-likeness (QED) is 0.714. The van der Waals surface area contributed by atoms with Gasteiger partial charge in [0.1, 0.15) is 36.0 Å². The van der Waals surface area contributed by atoms with Gasteiger partial charge in [0, 0.05) is 12.0 Å². The van der Waals surface area contributed by atoms with Crippen molar-refractivity contribution < 1.29 is 19.1 Å². The Morgan fingerprint density at radius 3 is 2.74 bits per heavy atom. The van der Waals surface area contributed by atoms with Gasteiger partial charge in [-0.25, -0.2) is 9.37 Å². The van der Waals surface area contributed by atoms with Crippen molar-refractivity contribution in [3.8, 4) is 5.88 Å². The number of hydrogen-bond acceptors (Lipinski definition) is 5. The zero-order chi connectivity index (χ0) is 19.1. The van der Waals surface area contributed by atoms with Crippen molar-refractivity contribution >= 4 is 16.3 Å². The van der Waals surface area contributed by atoms with Gasteiger partial charge < -0.3 is 14.7 Å². The second kappa shape index (κ2) is 7.18. The Bertz CT molecular complexity index is 946. The van der Waals surface area contributed by atoms with Crippen molar-refractivity contribution in [3.05, 3.63) is 46.3 Å². The normalized spacial score (nSPS) is 24.4. The number of thiazole rings is 1. The van der Waals surface area contributed by atoms with Gasteiger partial charge in [0.25, 0.3) is 0 Å². The molecule has 27 heavy (non-hydrogen) atoms. The Hall–Kier alpha value is -2.03. The van der Waals surface area contributed by atoms with Crippen LogP contribution >= 0.6 is 11.3 Å². The van der Waals surface area contributed by atoms with Crippen molar-refractivity contribution in [1.29, 1.82) is 0 Å². The zero-order valence-electron chi connectivity index (χ0n) is 15.6. The highest BCUT2D eigenvalue weighted by Crippen LogP contribution is 2.35. The number of nitrogens with one attached hydrogen (secondary N) is 1. The molecule has 1 fully saturated rings. The minimum Gasteiger partial charge on any atom is -0.492 e. The lowest BCUT2D eigenvalue weighted by atomic mass is 10.0. The summed E-state index contributed by atoms with van der Waals surface area (Å²) >= 11 is 1.42. The van der Waals surface area contributed by atoms with Gasteiger partial charge in [0.15, 0.2) is 11.9 Å². The number of halogens is 1. The van der Waals surface area contributed by atoms with Gasteiger partial charge in [0.05, 0.1) is 0 Å². The average Bonchev–Trinajstić information content (AvgIpc) is 3.14. The molecule has 0 aliphatic carbocycles. The van der Waals surface area contributed by atoms with Crippen LogP contribution in [0.15, 0.2) is 24.3 Å². The summed E-state index contributed by atoms with van der Waals surface area (Å²) in [5.41, 5.74) is 0.835. The summed E-state index contributed by atoms with van der Waals surface area (Å²) in [6.07, 6.45) is 0.895. The summed E-state index contributed by atoms with van der Waals surface area (Å²) in [6, 6.07) is 6.42. The third-order valence-electron chi connectivity index (χ3n) is 4.98. The number of aryl methyl sites for hydroxylation is 1. The molecule has 0 radical (unpaired) electrons. The maximum Gasteiger partial charge on any atom is 0.235 e. The summed E-state index contributed by atoms with van der Waals surface area (Å²) < 4.78 is 21.4. The number of rotatable bonds is 4. The monoisotopic (exact) mass is 391 g/mol. The molecule has 3 heterocycles. The van der Waals surface area contributed by atoms with Gasteiger partial charge in [-0.05, 0) is 26.0 Å². The predicted molar refractivity (Wildman–Crippen MR) is 101 cm³/mol. The number of morpholine rings is 1. The third kappa shape index (κ3) is 3.44. The Kier molecular flexibility index (Phi) is 4.88. The van der Waals surface area contributed by atoms with E-state index in [1.54, 1.807) is 12.1 Å². The molecule has 1 aromatic carbocycles. The first-order chi connectivity index (χ1) is 13.0. The van der Waals surface area contributed by atoms with Crippen molar-refractivity contribution in [2.75, 3.05) is 13.1 Å². The van der Waals surface area contributed by atoms with Crippen LogP contribution in [0.3, 0.4) is 0 Å². The van der Waals surface area contributed by atoms with Gasteiger partial charge >= 0.3 is 0 Å². The third-order valence-corrected chi connectivity index (χ3v) is 6.06. The zero-order valence-corrected chi connectivity index (χ0v) is 16.5. The number of quaternary nitrogens is 1. The molecule has 2 aromatic heterocycles. The Morgan fingerprint density at radius 2 is 2.11 bits per heavy atom. The minimum atomic E-state index is -0.279. The molecule has 1 unspecified atom stereocenters. The fraction of sp³-hybridized carbons (Fsp3) is 0.474.